The van der Waals surface area contributed by atoms with Gasteiger partial charge in [0.1, 0.15) is 0 Å². The number of aromatic nitrogens is 1. The summed E-state index contributed by atoms with van der Waals surface area (Å²) in [6, 6.07) is 7.66. The standard InChI is InChI=1S/C18H20F3N5OS.HI/c1-22-17(23-7-6-16-26-14(10-28-16)18(19,20)21)24-9-11-8-15(27)25-13-5-3-2-4-12(11)13;/h2-5,10-11H,6-9H2,1H3,(H,25,27)(H2,22,23,24);1H. The number of carbonyl (C=O) groups is 1. The number of anilines is 1. The number of halogens is 4. The van der Waals surface area contributed by atoms with Crippen LogP contribution >= 0.6 is 35.3 Å². The minimum Gasteiger partial charge on any atom is -0.356 e. The second-order valence-electron chi connectivity index (χ2n) is 6.29. The Bertz CT molecular complexity index is 871. The second-order valence-corrected chi connectivity index (χ2v) is 7.23. The lowest BCUT2D eigenvalue weighted by Crippen LogP contribution is -2.41. The lowest BCUT2D eigenvalue weighted by molar-refractivity contribution is -0.140. The molecule has 3 N–H and O–H groups in total. The number of thiazole rings is 1. The predicted octanol–water partition coefficient (Wildman–Crippen LogP) is 3.61. The van der Waals surface area contributed by atoms with Crippen molar-refractivity contribution in [3.8, 4) is 0 Å². The van der Waals surface area contributed by atoms with E-state index in [9.17, 15) is 18.0 Å². The Hall–Kier alpha value is -1.89. The Labute approximate surface area is 187 Å². The number of fused-ring (bicyclic) bond motifs is 1. The van der Waals surface area contributed by atoms with Gasteiger partial charge in [-0.1, -0.05) is 18.2 Å². The number of nitrogens with one attached hydrogen (secondary N) is 3. The normalized spacial score (nSPS) is 16.5. The van der Waals surface area contributed by atoms with E-state index < -0.39 is 11.9 Å². The molecule has 11 heteroatoms. The van der Waals surface area contributed by atoms with E-state index >= 15 is 0 Å². The van der Waals surface area contributed by atoms with E-state index in [1.807, 2.05) is 24.3 Å². The summed E-state index contributed by atoms with van der Waals surface area (Å²) >= 11 is 0.988. The molecule has 1 atom stereocenters. The Morgan fingerprint density at radius 3 is 2.79 bits per heavy atom. The minimum absolute atomic E-state index is 0. The SMILES string of the molecule is CN=C(NCCc1nc(C(F)(F)F)cs1)NCC1CC(=O)Nc2ccccc21.I. The van der Waals surface area contributed by atoms with E-state index in [-0.39, 0.29) is 35.8 Å². The van der Waals surface area contributed by atoms with Gasteiger partial charge < -0.3 is 16.0 Å². The van der Waals surface area contributed by atoms with Gasteiger partial charge in [0.25, 0.3) is 0 Å². The highest BCUT2D eigenvalue weighted by Gasteiger charge is 2.33. The summed E-state index contributed by atoms with van der Waals surface area (Å²) in [5.41, 5.74) is 1.02. The Balaban J connectivity index is 0.00000300. The molecule has 1 aliphatic rings. The summed E-state index contributed by atoms with van der Waals surface area (Å²) in [7, 11) is 1.61. The van der Waals surface area contributed by atoms with Crippen molar-refractivity contribution < 1.29 is 18.0 Å². The molecule has 0 fully saturated rings. The first kappa shape index (κ1) is 23.4. The van der Waals surface area contributed by atoms with Gasteiger partial charge >= 0.3 is 6.18 Å². The number of amides is 1. The van der Waals surface area contributed by atoms with E-state index in [0.29, 0.717) is 36.9 Å². The first-order valence-corrected chi connectivity index (χ1v) is 9.59. The molecule has 1 unspecified atom stereocenters. The lowest BCUT2D eigenvalue weighted by atomic mass is 9.90. The molecule has 6 nitrogen and oxygen atoms in total. The van der Waals surface area contributed by atoms with Crippen LogP contribution in [0.5, 0.6) is 0 Å². The van der Waals surface area contributed by atoms with Crippen molar-refractivity contribution in [3.05, 3.63) is 45.9 Å². The molecule has 0 bridgehead atoms. The average molecular weight is 539 g/mol. The molecule has 0 radical (unpaired) electrons. The molecule has 1 aliphatic heterocycles. The third kappa shape index (κ3) is 6.29. The van der Waals surface area contributed by atoms with Gasteiger partial charge in [-0.2, -0.15) is 13.2 Å². The highest BCUT2D eigenvalue weighted by Crippen LogP contribution is 2.31. The second kappa shape index (κ2) is 10.2. The fourth-order valence-electron chi connectivity index (χ4n) is 2.97. The number of hydrogen-bond donors (Lipinski definition) is 3. The number of para-hydroxylation sites is 1. The van der Waals surface area contributed by atoms with Crippen LogP contribution in [0.1, 0.15) is 28.6 Å². The average Bonchev–Trinajstić information content (AvgIpc) is 3.13. The van der Waals surface area contributed by atoms with Gasteiger partial charge in [-0.3, -0.25) is 9.79 Å². The highest BCUT2D eigenvalue weighted by atomic mass is 127. The molecular weight excluding hydrogens is 518 g/mol. The van der Waals surface area contributed by atoms with Crippen molar-refractivity contribution in [2.75, 3.05) is 25.5 Å². The van der Waals surface area contributed by atoms with Gasteiger partial charge in [0.2, 0.25) is 5.91 Å². The molecule has 0 spiro atoms. The van der Waals surface area contributed by atoms with E-state index in [1.165, 1.54) is 0 Å². The molecular formula is C18H21F3IN5OS. The number of alkyl halides is 3. The van der Waals surface area contributed by atoms with Crippen molar-refractivity contribution in [3.63, 3.8) is 0 Å². The van der Waals surface area contributed by atoms with Gasteiger partial charge in [0, 0.05) is 50.0 Å². The van der Waals surface area contributed by atoms with Crippen molar-refractivity contribution in [1.29, 1.82) is 0 Å². The molecule has 0 aliphatic carbocycles. The van der Waals surface area contributed by atoms with E-state index in [2.05, 4.69) is 25.9 Å². The molecule has 0 saturated carbocycles. The monoisotopic (exact) mass is 539 g/mol. The largest absolute Gasteiger partial charge is 0.434 e. The maximum Gasteiger partial charge on any atom is 0.434 e. The maximum atomic E-state index is 12.6. The number of carbonyl (C=O) groups excluding carboxylic acids is 1. The number of guanidine groups is 1. The number of benzene rings is 1. The van der Waals surface area contributed by atoms with E-state index in [0.717, 1.165) is 28.0 Å². The van der Waals surface area contributed by atoms with Crippen LogP contribution in [-0.2, 0) is 17.4 Å². The van der Waals surface area contributed by atoms with Crippen molar-refractivity contribution >= 4 is 52.9 Å². The first-order chi connectivity index (χ1) is 13.4. The molecule has 158 valence electrons. The van der Waals surface area contributed by atoms with Crippen LogP contribution < -0.4 is 16.0 Å². The van der Waals surface area contributed by atoms with E-state index in [4.69, 9.17) is 0 Å². The van der Waals surface area contributed by atoms with Gasteiger partial charge in [-0.15, -0.1) is 35.3 Å². The van der Waals surface area contributed by atoms with Crippen LogP contribution in [-0.4, -0.2) is 37.0 Å². The fourth-order valence-corrected chi connectivity index (χ4v) is 3.77. The van der Waals surface area contributed by atoms with Crippen molar-refractivity contribution in [2.45, 2.75) is 24.9 Å². The summed E-state index contributed by atoms with van der Waals surface area (Å²) in [6.07, 6.45) is -3.68. The zero-order chi connectivity index (χ0) is 20.1. The Morgan fingerprint density at radius 1 is 1.34 bits per heavy atom. The zero-order valence-electron chi connectivity index (χ0n) is 15.5. The summed E-state index contributed by atoms with van der Waals surface area (Å²) in [5.74, 6) is 0.505. The van der Waals surface area contributed by atoms with Crippen LogP contribution in [0.4, 0.5) is 18.9 Å². The molecule has 2 aromatic rings. The van der Waals surface area contributed by atoms with Gasteiger partial charge in [0.15, 0.2) is 11.7 Å². The number of rotatable bonds is 5. The Kier molecular flexibility index (Phi) is 8.25. The van der Waals surface area contributed by atoms with Gasteiger partial charge in [-0.25, -0.2) is 4.98 Å². The number of nitrogens with zero attached hydrogens (tertiary/aromatic N) is 2. The summed E-state index contributed by atoms with van der Waals surface area (Å²) in [5, 5.41) is 10.5. The molecule has 2 heterocycles. The molecule has 1 aromatic heterocycles. The summed E-state index contributed by atoms with van der Waals surface area (Å²) in [4.78, 5) is 19.6. The van der Waals surface area contributed by atoms with Gasteiger partial charge in [0.05, 0.1) is 5.01 Å². The first-order valence-electron chi connectivity index (χ1n) is 8.71. The Morgan fingerprint density at radius 2 is 2.10 bits per heavy atom. The third-order valence-electron chi connectivity index (χ3n) is 4.32. The molecule has 0 saturated heterocycles. The van der Waals surface area contributed by atoms with Crippen LogP contribution in [0, 0.1) is 0 Å². The highest BCUT2D eigenvalue weighted by molar-refractivity contribution is 14.0. The molecule has 1 amide bonds. The zero-order valence-corrected chi connectivity index (χ0v) is 18.7. The quantitative estimate of drug-likeness (QED) is 0.308. The minimum atomic E-state index is -4.41. The van der Waals surface area contributed by atoms with E-state index in [1.54, 1.807) is 7.05 Å². The third-order valence-corrected chi connectivity index (χ3v) is 5.23. The predicted molar refractivity (Wildman–Crippen MR) is 118 cm³/mol. The number of hydrogen-bond acceptors (Lipinski definition) is 4. The van der Waals surface area contributed by atoms with Gasteiger partial charge in [-0.05, 0) is 11.6 Å². The smallest absolute Gasteiger partial charge is 0.356 e. The topological polar surface area (TPSA) is 78.4 Å². The van der Waals surface area contributed by atoms with Crippen molar-refractivity contribution in [1.82, 2.24) is 15.6 Å². The van der Waals surface area contributed by atoms with Crippen LogP contribution in [0.3, 0.4) is 0 Å². The van der Waals surface area contributed by atoms with Crippen molar-refractivity contribution in [2.24, 2.45) is 4.99 Å². The van der Waals surface area contributed by atoms with Crippen LogP contribution in [0.2, 0.25) is 0 Å². The molecule has 3 rings (SSSR count). The molecule has 1 aromatic carbocycles. The summed E-state index contributed by atoms with van der Waals surface area (Å²) in [6.45, 7) is 0.909. The van der Waals surface area contributed by atoms with Crippen LogP contribution in [0.25, 0.3) is 0 Å². The maximum absolute atomic E-state index is 12.6. The number of aliphatic imine (C=N–C) groups is 1. The lowest BCUT2D eigenvalue weighted by Gasteiger charge is -2.26. The molecule has 29 heavy (non-hydrogen) atoms. The van der Waals surface area contributed by atoms with Crippen LogP contribution in [0.15, 0.2) is 34.6 Å². The summed E-state index contributed by atoms with van der Waals surface area (Å²) < 4.78 is 37.8. The fraction of sp³-hybridized carbons (Fsp3) is 0.389.